The van der Waals surface area contributed by atoms with Gasteiger partial charge in [0.2, 0.25) is 0 Å². The first kappa shape index (κ1) is 34.8. The van der Waals surface area contributed by atoms with E-state index in [4.69, 9.17) is 9.31 Å². The van der Waals surface area contributed by atoms with Crippen LogP contribution in [0.4, 0.5) is 17.1 Å². The molecule has 1 saturated heterocycles. The van der Waals surface area contributed by atoms with Crippen molar-refractivity contribution in [3.63, 3.8) is 0 Å². The van der Waals surface area contributed by atoms with E-state index in [0.717, 1.165) is 35.4 Å². The van der Waals surface area contributed by atoms with Crippen LogP contribution in [0.5, 0.6) is 0 Å². The van der Waals surface area contributed by atoms with Gasteiger partial charge in [-0.1, -0.05) is 141 Å². The van der Waals surface area contributed by atoms with Crippen LogP contribution in [0.15, 0.2) is 164 Å². The van der Waals surface area contributed by atoms with Crippen LogP contribution in [0.3, 0.4) is 0 Å². The molecule has 1 aliphatic heterocycles. The Morgan fingerprint density at radius 1 is 0.464 bits per heavy atom. The monoisotopic (exact) mass is 727 g/mol. The zero-order valence-electron chi connectivity index (χ0n) is 32.8. The fourth-order valence-electron chi connectivity index (χ4n) is 9.38. The van der Waals surface area contributed by atoms with Crippen LogP contribution in [0.2, 0.25) is 0 Å². The molecule has 4 heteroatoms. The zero-order valence-corrected chi connectivity index (χ0v) is 32.8. The summed E-state index contributed by atoms with van der Waals surface area (Å²) in [5.74, 6) is 0. The third kappa shape index (κ3) is 5.20. The van der Waals surface area contributed by atoms with Crippen molar-refractivity contribution >= 4 is 29.6 Å². The first-order chi connectivity index (χ1) is 27.2. The maximum Gasteiger partial charge on any atom is 0.494 e. The summed E-state index contributed by atoms with van der Waals surface area (Å²) in [4.78, 5) is 2.39. The Morgan fingerprint density at radius 3 is 1.39 bits per heavy atom. The topological polar surface area (TPSA) is 21.7 Å². The molecule has 274 valence electrons. The van der Waals surface area contributed by atoms with E-state index < -0.39 is 23.7 Å². The van der Waals surface area contributed by atoms with E-state index in [1.807, 2.05) is 0 Å². The van der Waals surface area contributed by atoms with Crippen LogP contribution in [0, 0.1) is 0 Å². The molecular weight excluding hydrogens is 681 g/mol. The molecule has 10 rings (SSSR count). The Labute approximate surface area is 331 Å². The number of fused-ring (bicyclic) bond motifs is 10. The minimum absolute atomic E-state index is 0.407. The third-order valence-corrected chi connectivity index (χ3v) is 12.9. The van der Waals surface area contributed by atoms with Gasteiger partial charge < -0.3 is 14.2 Å². The normalized spacial score (nSPS) is 16.3. The van der Waals surface area contributed by atoms with Gasteiger partial charge in [-0.05, 0) is 137 Å². The molecule has 0 bridgehead atoms. The number of hydrogen-bond donors (Lipinski definition) is 0. The third-order valence-electron chi connectivity index (χ3n) is 12.9. The van der Waals surface area contributed by atoms with Gasteiger partial charge in [-0.25, -0.2) is 0 Å². The maximum atomic E-state index is 6.45. The first-order valence-corrected chi connectivity index (χ1v) is 20.1. The van der Waals surface area contributed by atoms with Crippen molar-refractivity contribution in [2.75, 3.05) is 4.90 Å². The molecule has 0 amide bonds. The number of hydrogen-bond acceptors (Lipinski definition) is 3. The van der Waals surface area contributed by atoms with Gasteiger partial charge in [-0.3, -0.25) is 0 Å². The number of anilines is 3. The molecule has 1 fully saturated rings. The number of benzene rings is 7. The van der Waals surface area contributed by atoms with Crippen molar-refractivity contribution in [1.82, 2.24) is 0 Å². The molecular formula is C52H46BNO2. The molecule has 7 aromatic carbocycles. The number of nitrogens with zero attached hydrogens (tertiary/aromatic N) is 1. The lowest BCUT2D eigenvalue weighted by atomic mass is 9.70. The second kappa shape index (κ2) is 12.9. The summed E-state index contributed by atoms with van der Waals surface area (Å²) in [6.45, 7) is 10.6. The van der Waals surface area contributed by atoms with Crippen LogP contribution in [0.25, 0.3) is 33.4 Å². The molecule has 2 aliphatic carbocycles. The lowest BCUT2D eigenvalue weighted by Gasteiger charge is -2.32. The average molecular weight is 728 g/mol. The van der Waals surface area contributed by atoms with Crippen molar-refractivity contribution < 1.29 is 9.31 Å². The van der Waals surface area contributed by atoms with E-state index >= 15 is 0 Å². The highest BCUT2D eigenvalue weighted by atomic mass is 16.7. The highest BCUT2D eigenvalue weighted by Crippen LogP contribution is 2.63. The summed E-state index contributed by atoms with van der Waals surface area (Å²) in [5.41, 5.74) is 17.4. The van der Waals surface area contributed by atoms with Gasteiger partial charge in [0.15, 0.2) is 0 Å². The van der Waals surface area contributed by atoms with Gasteiger partial charge >= 0.3 is 7.12 Å². The molecule has 0 aromatic heterocycles. The summed E-state index contributed by atoms with van der Waals surface area (Å²) in [6, 6.07) is 60.9. The van der Waals surface area contributed by atoms with Gasteiger partial charge in [0, 0.05) is 17.1 Å². The van der Waals surface area contributed by atoms with E-state index in [9.17, 15) is 0 Å². The standard InChI is InChI=1S/C52H46BNO2/c1-6-13-35-20-22-36(23-21-35)37-24-28-39(29-25-37)54(40-30-26-38(27-31-40)53-55-50(2,3)51(4,5)56-53)41-32-33-45-44-16-9-12-19-48(44)52(49(45)34-41)46-17-10-7-14-42(46)43-15-8-11-18-47(43)52/h7-12,14-34H,6,13H2,1-5H3. The summed E-state index contributed by atoms with van der Waals surface area (Å²) in [7, 11) is -0.425. The van der Waals surface area contributed by atoms with Gasteiger partial charge in [-0.15, -0.1) is 0 Å². The second-order valence-electron chi connectivity index (χ2n) is 16.6. The molecule has 0 atom stereocenters. The predicted molar refractivity (Wildman–Crippen MR) is 233 cm³/mol. The van der Waals surface area contributed by atoms with E-state index in [1.54, 1.807) is 0 Å². The quantitative estimate of drug-likeness (QED) is 0.153. The molecule has 0 N–H and O–H groups in total. The van der Waals surface area contributed by atoms with Crippen LogP contribution in [-0.4, -0.2) is 18.3 Å². The van der Waals surface area contributed by atoms with Crippen molar-refractivity contribution in [3.8, 4) is 33.4 Å². The summed E-state index contributed by atoms with van der Waals surface area (Å²) < 4.78 is 12.9. The molecule has 1 heterocycles. The van der Waals surface area contributed by atoms with E-state index in [-0.39, 0.29) is 0 Å². The Balaban J connectivity index is 1.12. The summed E-state index contributed by atoms with van der Waals surface area (Å²) in [6.07, 6.45) is 2.25. The van der Waals surface area contributed by atoms with Crippen molar-refractivity contribution in [1.29, 1.82) is 0 Å². The molecule has 3 aliphatic rings. The van der Waals surface area contributed by atoms with Gasteiger partial charge in [0.1, 0.15) is 0 Å². The van der Waals surface area contributed by atoms with E-state index in [2.05, 4.69) is 203 Å². The van der Waals surface area contributed by atoms with E-state index in [1.165, 1.54) is 61.2 Å². The highest BCUT2D eigenvalue weighted by molar-refractivity contribution is 6.62. The van der Waals surface area contributed by atoms with Crippen LogP contribution < -0.4 is 10.4 Å². The largest absolute Gasteiger partial charge is 0.494 e. The lowest BCUT2D eigenvalue weighted by molar-refractivity contribution is 0.00578. The maximum absolute atomic E-state index is 6.45. The fourth-order valence-corrected chi connectivity index (χ4v) is 9.38. The zero-order chi connectivity index (χ0) is 38.2. The highest BCUT2D eigenvalue weighted by Gasteiger charge is 2.53. The lowest BCUT2D eigenvalue weighted by Crippen LogP contribution is -2.41. The minimum atomic E-state index is -0.425. The summed E-state index contributed by atoms with van der Waals surface area (Å²) >= 11 is 0. The Hall–Kier alpha value is -5.68. The smallest absolute Gasteiger partial charge is 0.399 e. The molecule has 3 nitrogen and oxygen atoms in total. The van der Waals surface area contributed by atoms with Gasteiger partial charge in [0.05, 0.1) is 16.6 Å². The molecule has 1 spiro atoms. The van der Waals surface area contributed by atoms with Crippen molar-refractivity contribution in [3.05, 3.63) is 192 Å². The number of rotatable bonds is 7. The van der Waals surface area contributed by atoms with Crippen molar-refractivity contribution in [2.45, 2.75) is 64.1 Å². The summed E-state index contributed by atoms with van der Waals surface area (Å²) in [5, 5.41) is 0. The molecule has 0 radical (unpaired) electrons. The Kier molecular flexibility index (Phi) is 8.04. The average Bonchev–Trinajstić information content (AvgIpc) is 3.77. The minimum Gasteiger partial charge on any atom is -0.399 e. The molecule has 56 heavy (non-hydrogen) atoms. The van der Waals surface area contributed by atoms with E-state index in [0.29, 0.717) is 0 Å². The Morgan fingerprint density at radius 2 is 0.893 bits per heavy atom. The van der Waals surface area contributed by atoms with Crippen LogP contribution in [0.1, 0.15) is 68.9 Å². The van der Waals surface area contributed by atoms with Gasteiger partial charge in [0.25, 0.3) is 0 Å². The molecule has 7 aromatic rings. The first-order valence-electron chi connectivity index (χ1n) is 20.1. The number of aryl methyl sites for hydroxylation is 1. The van der Waals surface area contributed by atoms with Gasteiger partial charge in [-0.2, -0.15) is 0 Å². The van der Waals surface area contributed by atoms with Crippen LogP contribution >= 0.6 is 0 Å². The van der Waals surface area contributed by atoms with Crippen molar-refractivity contribution in [2.24, 2.45) is 0 Å². The second-order valence-corrected chi connectivity index (χ2v) is 16.6. The SMILES string of the molecule is CCCc1ccc(-c2ccc(N(c3ccc(B4OC(C)(C)C(C)(C)O4)cc3)c3ccc4c(c3)C3(c5ccccc5-c5ccccc53)c3ccccc3-4)cc2)cc1. The predicted octanol–water partition coefficient (Wildman–Crippen LogP) is 12.4. The fraction of sp³-hybridized carbons (Fsp3) is 0.192. The van der Waals surface area contributed by atoms with Crippen LogP contribution in [-0.2, 0) is 21.1 Å². The molecule has 0 saturated carbocycles. The molecule has 0 unspecified atom stereocenters. The Bertz CT molecular complexity index is 2530.